The predicted octanol–water partition coefficient (Wildman–Crippen LogP) is 12.6. The molecule has 12 aromatic rings. The van der Waals surface area contributed by atoms with Gasteiger partial charge >= 0.3 is 0 Å². The first-order valence-electron chi connectivity index (χ1n) is 29.8. The number of anilines is 3. The van der Waals surface area contributed by atoms with E-state index in [4.69, 9.17) is 9.97 Å². The van der Waals surface area contributed by atoms with E-state index >= 15 is 0 Å². The van der Waals surface area contributed by atoms with E-state index in [1.165, 1.54) is 0 Å². The highest BCUT2D eigenvalue weighted by Gasteiger charge is 2.40. The van der Waals surface area contributed by atoms with Crippen LogP contribution in [-0.2, 0) is 7.05 Å². The van der Waals surface area contributed by atoms with Gasteiger partial charge in [0.05, 0.1) is 32.5 Å². The van der Waals surface area contributed by atoms with Gasteiger partial charge in [0.15, 0.2) is 32.9 Å². The molecule has 3 aliphatic heterocycles. The molecule has 0 radical (unpaired) electrons. The zero-order chi connectivity index (χ0) is 60.6. The second-order valence-corrected chi connectivity index (χ2v) is 27.9. The normalized spacial score (nSPS) is 16.5. The zero-order valence-corrected chi connectivity index (χ0v) is 53.6. The SMILES string of the molecule is Cc1cc(-c2ncc3nc(N(C)C4CC(C)(C)NC(C)(C)C4)sc3n2)cc2cn(C)nc12.Cc1cn2cc(-c3cc(F)c4nc(N5CCCNCC5)sc4c3)cc(C)c2n1.Cc1cn2cc(-c3cc(F)c4nc(N5CCNCC5)sc4c3)cc(C)c2n1. The number of halogens is 2. The number of piperazine rings is 1. The Morgan fingerprint density at radius 3 is 1.68 bits per heavy atom. The highest BCUT2D eigenvalue weighted by atomic mass is 32.1. The molecule has 3 N–H and O–H groups in total. The zero-order valence-electron chi connectivity index (χ0n) is 51.2. The number of hydrogen-bond donors (Lipinski definition) is 3. The minimum absolute atomic E-state index is 0.0904. The summed E-state index contributed by atoms with van der Waals surface area (Å²) in [4.78, 5) is 40.4. The lowest BCUT2D eigenvalue weighted by atomic mass is 9.79. The van der Waals surface area contributed by atoms with Crippen LogP contribution >= 0.6 is 34.0 Å². The molecule has 12 heterocycles. The number of pyridine rings is 2. The Bertz CT molecular complexity index is 4540. The van der Waals surface area contributed by atoms with E-state index in [1.807, 2.05) is 91.5 Å². The van der Waals surface area contributed by atoms with Crippen molar-refractivity contribution in [3.8, 4) is 33.6 Å². The van der Waals surface area contributed by atoms with Gasteiger partial charge in [-0.1, -0.05) is 34.0 Å². The van der Waals surface area contributed by atoms with Crippen molar-refractivity contribution in [2.24, 2.45) is 7.05 Å². The number of fused-ring (bicyclic) bond motifs is 6. The van der Waals surface area contributed by atoms with Crippen LogP contribution in [-0.4, -0.2) is 130 Å². The smallest absolute Gasteiger partial charge is 0.187 e. The van der Waals surface area contributed by atoms with Crippen molar-refractivity contribution in [3.05, 3.63) is 125 Å². The number of thiazole rings is 3. The van der Waals surface area contributed by atoms with Gasteiger partial charge in [0.1, 0.15) is 32.7 Å². The van der Waals surface area contributed by atoms with Crippen LogP contribution in [0.15, 0.2) is 85.7 Å². The van der Waals surface area contributed by atoms with Crippen molar-refractivity contribution in [2.45, 2.75) is 98.7 Å². The van der Waals surface area contributed by atoms with Gasteiger partial charge in [0.25, 0.3) is 0 Å². The fourth-order valence-electron chi connectivity index (χ4n) is 12.8. The van der Waals surface area contributed by atoms with Crippen molar-refractivity contribution < 1.29 is 8.78 Å². The average molecular weight is 1230 g/mol. The molecule has 17 nitrogen and oxygen atoms in total. The molecule has 0 amide bonds. The third-order valence-electron chi connectivity index (χ3n) is 16.6. The van der Waals surface area contributed by atoms with E-state index in [2.05, 4.69) is 133 Å². The van der Waals surface area contributed by atoms with Crippen molar-refractivity contribution in [1.82, 2.24) is 69.4 Å². The van der Waals surface area contributed by atoms with Crippen molar-refractivity contribution in [3.63, 3.8) is 0 Å². The third kappa shape index (κ3) is 12.1. The number of hydrogen-bond acceptors (Lipinski definition) is 17. The summed E-state index contributed by atoms with van der Waals surface area (Å²) in [5, 5.41) is 19.0. The number of imidazole rings is 2. The first-order chi connectivity index (χ1) is 41.7. The monoisotopic (exact) mass is 1230 g/mol. The Balaban J connectivity index is 0.000000121. The van der Waals surface area contributed by atoms with E-state index in [9.17, 15) is 8.78 Å². The molecule has 0 bridgehead atoms. The van der Waals surface area contributed by atoms with Gasteiger partial charge in [-0.3, -0.25) is 4.68 Å². The van der Waals surface area contributed by atoms with Crippen LogP contribution in [0.25, 0.3) is 86.6 Å². The number of nitrogens with zero attached hydrogens (tertiary/aromatic N) is 14. The third-order valence-corrected chi connectivity index (χ3v) is 19.8. The summed E-state index contributed by atoms with van der Waals surface area (Å²) in [6.07, 6.45) is 15.1. The Hall–Kier alpha value is -7.60. The van der Waals surface area contributed by atoms with E-state index < -0.39 is 0 Å². The lowest BCUT2D eigenvalue weighted by Gasteiger charge is -2.48. The van der Waals surface area contributed by atoms with Crippen molar-refractivity contribution in [1.29, 1.82) is 0 Å². The Labute approximate surface area is 516 Å². The van der Waals surface area contributed by atoms with E-state index in [0.29, 0.717) is 17.1 Å². The quantitative estimate of drug-likeness (QED) is 0.138. The second-order valence-electron chi connectivity index (χ2n) is 25.0. The molecular formula is C65H73F2N17S3. The van der Waals surface area contributed by atoms with Crippen LogP contribution in [0.3, 0.4) is 0 Å². The highest BCUT2D eigenvalue weighted by molar-refractivity contribution is 7.22. The standard InChI is InChI=1S/C24H31N7S.C21H22FN5S.C20H20FN5S/c1-14-8-15(9-16-13-30(6)28-19(14)16)20-25-12-18-21(27-20)32-22(26-18)31(7)17-10-23(2,3)29-24(4,5)11-17;1-13-8-16(12-27-11-14(2)24-20(13)27)15-9-17(22)19-18(10-15)28-21(25-19)26-6-3-4-23-5-7-26;1-12-7-15(11-26-10-13(2)23-19(12)26)14-8-16(21)18-17(9-14)27-20(24-18)25-5-3-22-4-6-25/h8-9,12-13,17,29H,10-11H2,1-7H3;8-12,23H,3-7H2,1-2H3;7-11,22H,3-6H2,1-2H3. The summed E-state index contributed by atoms with van der Waals surface area (Å²) in [5.74, 6) is 0.204. The molecule has 3 saturated heterocycles. The fourth-order valence-corrected chi connectivity index (χ4v) is 15.9. The molecule has 0 aliphatic carbocycles. The Kier molecular flexibility index (Phi) is 15.6. The molecule has 0 spiro atoms. The molecule has 0 atom stereocenters. The molecule has 3 fully saturated rings. The van der Waals surface area contributed by atoms with Crippen LogP contribution < -0.4 is 30.7 Å². The van der Waals surface area contributed by atoms with Crippen LogP contribution in [0.4, 0.5) is 24.2 Å². The van der Waals surface area contributed by atoms with Crippen LogP contribution in [0.1, 0.15) is 75.0 Å². The van der Waals surface area contributed by atoms with Crippen LogP contribution in [0.5, 0.6) is 0 Å². The van der Waals surface area contributed by atoms with Gasteiger partial charge in [-0.2, -0.15) is 5.10 Å². The number of benzene rings is 3. The van der Waals surface area contributed by atoms with E-state index in [0.717, 1.165) is 191 Å². The Morgan fingerprint density at radius 1 is 0.563 bits per heavy atom. The molecule has 450 valence electrons. The van der Waals surface area contributed by atoms with Gasteiger partial charge in [0, 0.05) is 119 Å². The Morgan fingerprint density at radius 2 is 1.10 bits per heavy atom. The summed E-state index contributed by atoms with van der Waals surface area (Å²) in [7, 11) is 4.11. The van der Waals surface area contributed by atoms with Gasteiger partial charge < -0.3 is 39.5 Å². The number of piperidine rings is 1. The number of rotatable bonds is 7. The van der Waals surface area contributed by atoms with Crippen LogP contribution in [0.2, 0.25) is 0 Å². The van der Waals surface area contributed by atoms with Crippen molar-refractivity contribution in [2.75, 3.05) is 74.1 Å². The molecule has 0 unspecified atom stereocenters. The highest BCUT2D eigenvalue weighted by Crippen LogP contribution is 2.39. The molecule has 22 heteroatoms. The van der Waals surface area contributed by atoms with Gasteiger partial charge in [0.2, 0.25) is 0 Å². The predicted molar refractivity (Wildman–Crippen MR) is 354 cm³/mol. The number of nitrogens with one attached hydrogen (secondary N) is 3. The summed E-state index contributed by atoms with van der Waals surface area (Å²) in [6.45, 7) is 26.8. The number of aryl methyl sites for hydroxylation is 6. The molecule has 3 aliphatic rings. The van der Waals surface area contributed by atoms with Gasteiger partial charge in [-0.25, -0.2) is 43.7 Å². The number of aromatic nitrogens is 11. The largest absolute Gasteiger partial charge is 0.348 e. The molecule has 3 aromatic carbocycles. The average Bonchev–Trinajstić information content (AvgIpc) is 3.35. The first-order valence-corrected chi connectivity index (χ1v) is 32.3. The summed E-state index contributed by atoms with van der Waals surface area (Å²) < 4.78 is 37.4. The second kappa shape index (κ2) is 23.2. The topological polar surface area (TPSA) is 163 Å². The van der Waals surface area contributed by atoms with Crippen LogP contribution in [0, 0.1) is 46.3 Å². The van der Waals surface area contributed by atoms with Crippen molar-refractivity contribution >= 4 is 102 Å². The summed E-state index contributed by atoms with van der Waals surface area (Å²) >= 11 is 4.79. The van der Waals surface area contributed by atoms with Gasteiger partial charge in [-0.05, 0) is 176 Å². The first kappa shape index (κ1) is 58.4. The molecule has 9 aromatic heterocycles. The minimum atomic E-state index is -0.264. The molecular weight excluding hydrogens is 1150 g/mol. The minimum Gasteiger partial charge on any atom is -0.348 e. The molecule has 0 saturated carbocycles. The summed E-state index contributed by atoms with van der Waals surface area (Å²) in [6, 6.07) is 16.1. The van der Waals surface area contributed by atoms with Gasteiger partial charge in [-0.15, -0.1) is 0 Å². The fraction of sp³-hybridized carbons (Fsp3) is 0.385. The lowest BCUT2D eigenvalue weighted by molar-refractivity contribution is 0.161. The van der Waals surface area contributed by atoms with E-state index in [-0.39, 0.29) is 22.7 Å². The molecule has 87 heavy (non-hydrogen) atoms. The maximum Gasteiger partial charge on any atom is 0.187 e. The maximum absolute atomic E-state index is 14.9. The summed E-state index contributed by atoms with van der Waals surface area (Å²) in [5.41, 5.74) is 14.8. The van der Waals surface area contributed by atoms with E-state index in [1.54, 1.807) is 46.1 Å². The lowest BCUT2D eigenvalue weighted by Crippen LogP contribution is -2.61. The maximum atomic E-state index is 14.9. The molecule has 15 rings (SSSR count).